The van der Waals surface area contributed by atoms with Gasteiger partial charge in [-0.2, -0.15) is 5.10 Å². The molecule has 1 aromatic carbocycles. The molecule has 10 nitrogen and oxygen atoms in total. The minimum Gasteiger partial charge on any atom is -0.387 e. The van der Waals surface area contributed by atoms with Crippen molar-refractivity contribution < 1.29 is 14.9 Å². The lowest BCUT2D eigenvalue weighted by molar-refractivity contribution is -0.0404. The number of nitrogens with zero attached hydrogens (tertiary/aromatic N) is 6. The number of aliphatic hydroxyl groups is 2. The van der Waals surface area contributed by atoms with Crippen LogP contribution in [0.2, 0.25) is 0 Å². The van der Waals surface area contributed by atoms with Crippen LogP contribution >= 0.6 is 0 Å². The summed E-state index contributed by atoms with van der Waals surface area (Å²) in [5.41, 5.74) is 6.22. The third-order valence-electron chi connectivity index (χ3n) is 7.66. The van der Waals surface area contributed by atoms with Crippen molar-refractivity contribution in [1.29, 1.82) is 0 Å². The fourth-order valence-corrected chi connectivity index (χ4v) is 5.84. The van der Waals surface area contributed by atoms with E-state index in [1.807, 2.05) is 19.9 Å². The molecule has 3 N–H and O–H groups in total. The number of imidazole rings is 1. The molecule has 38 heavy (non-hydrogen) atoms. The van der Waals surface area contributed by atoms with Crippen LogP contribution in [0, 0.1) is 27.7 Å². The van der Waals surface area contributed by atoms with Crippen LogP contribution in [0.5, 0.6) is 0 Å². The SMILES string of the molecule is Cc1cc(C)cc(-c2nc(NC3CCCC3)c3ncn([C@@H]4O[C@H](Cn5nc(C)cc5C)[C@@H](O)[C@H]4O)c3n2)c1. The van der Waals surface area contributed by atoms with Crippen molar-refractivity contribution in [3.05, 3.63) is 53.1 Å². The number of rotatable bonds is 6. The van der Waals surface area contributed by atoms with Crippen LogP contribution in [0.1, 0.15) is 54.4 Å². The Morgan fingerprint density at radius 2 is 1.71 bits per heavy atom. The first-order valence-electron chi connectivity index (χ1n) is 13.4. The van der Waals surface area contributed by atoms with Gasteiger partial charge >= 0.3 is 0 Å². The second kappa shape index (κ2) is 9.76. The van der Waals surface area contributed by atoms with E-state index in [0.717, 1.165) is 40.9 Å². The van der Waals surface area contributed by atoms with E-state index in [0.29, 0.717) is 35.4 Å². The second-order valence-electron chi connectivity index (χ2n) is 10.9. The first-order chi connectivity index (χ1) is 18.3. The van der Waals surface area contributed by atoms with Gasteiger partial charge in [0.05, 0.1) is 18.6 Å². The van der Waals surface area contributed by atoms with Crippen molar-refractivity contribution in [1.82, 2.24) is 29.3 Å². The van der Waals surface area contributed by atoms with Crippen molar-refractivity contribution in [2.45, 2.75) is 90.5 Å². The minimum absolute atomic E-state index is 0.332. The topological polar surface area (TPSA) is 123 Å². The number of fused-ring (bicyclic) bond motifs is 1. The van der Waals surface area contributed by atoms with E-state index in [-0.39, 0.29) is 0 Å². The van der Waals surface area contributed by atoms with Gasteiger partial charge in [-0.15, -0.1) is 0 Å². The van der Waals surface area contributed by atoms with E-state index in [1.54, 1.807) is 15.6 Å². The quantitative estimate of drug-likeness (QED) is 0.355. The lowest BCUT2D eigenvalue weighted by Crippen LogP contribution is -2.34. The summed E-state index contributed by atoms with van der Waals surface area (Å²) in [5, 5.41) is 30.1. The first kappa shape index (κ1) is 25.0. The molecule has 0 spiro atoms. The zero-order valence-electron chi connectivity index (χ0n) is 22.3. The van der Waals surface area contributed by atoms with Crippen molar-refractivity contribution in [3.8, 4) is 11.4 Å². The van der Waals surface area contributed by atoms with Gasteiger partial charge in [0.15, 0.2) is 29.0 Å². The normalized spacial score (nSPS) is 24.1. The molecular formula is C28H35N7O3. The van der Waals surface area contributed by atoms with Gasteiger partial charge in [-0.05, 0) is 58.7 Å². The lowest BCUT2D eigenvalue weighted by Gasteiger charge is -2.18. The monoisotopic (exact) mass is 517 g/mol. The molecule has 0 bridgehead atoms. The van der Waals surface area contributed by atoms with Crippen LogP contribution in [-0.2, 0) is 11.3 Å². The minimum atomic E-state index is -1.15. The third-order valence-corrected chi connectivity index (χ3v) is 7.66. The number of aliphatic hydroxyl groups excluding tert-OH is 2. The molecule has 0 unspecified atom stereocenters. The van der Waals surface area contributed by atoms with Crippen molar-refractivity contribution in [2.75, 3.05) is 5.32 Å². The van der Waals surface area contributed by atoms with E-state index >= 15 is 0 Å². The summed E-state index contributed by atoms with van der Waals surface area (Å²) in [5.74, 6) is 1.26. The van der Waals surface area contributed by atoms with E-state index in [4.69, 9.17) is 14.7 Å². The van der Waals surface area contributed by atoms with E-state index < -0.39 is 24.5 Å². The molecule has 0 amide bonds. The van der Waals surface area contributed by atoms with Gasteiger partial charge in [0, 0.05) is 17.3 Å². The second-order valence-corrected chi connectivity index (χ2v) is 10.9. The van der Waals surface area contributed by atoms with Gasteiger partial charge in [-0.3, -0.25) is 9.25 Å². The van der Waals surface area contributed by atoms with Crippen molar-refractivity contribution >= 4 is 17.0 Å². The fourth-order valence-electron chi connectivity index (χ4n) is 5.84. The first-order valence-corrected chi connectivity index (χ1v) is 13.4. The van der Waals surface area contributed by atoms with Crippen molar-refractivity contribution in [3.63, 3.8) is 0 Å². The Labute approximate surface area is 221 Å². The number of benzene rings is 1. The maximum Gasteiger partial charge on any atom is 0.168 e. The van der Waals surface area contributed by atoms with Crippen LogP contribution in [0.25, 0.3) is 22.6 Å². The van der Waals surface area contributed by atoms with E-state index in [9.17, 15) is 10.2 Å². The molecule has 4 atom stereocenters. The number of aryl methyl sites for hydroxylation is 4. The molecule has 2 aliphatic rings. The third kappa shape index (κ3) is 4.57. The average molecular weight is 518 g/mol. The predicted octanol–water partition coefficient (Wildman–Crippen LogP) is 3.60. The summed E-state index contributed by atoms with van der Waals surface area (Å²) in [6, 6.07) is 8.58. The molecule has 1 aliphatic heterocycles. The zero-order valence-corrected chi connectivity index (χ0v) is 22.3. The molecule has 1 saturated heterocycles. The summed E-state index contributed by atoms with van der Waals surface area (Å²) in [7, 11) is 0. The Balaban J connectivity index is 1.39. The summed E-state index contributed by atoms with van der Waals surface area (Å²) >= 11 is 0. The molecule has 0 radical (unpaired) electrons. The molecule has 1 saturated carbocycles. The largest absolute Gasteiger partial charge is 0.387 e. The Kier molecular flexibility index (Phi) is 6.41. The fraction of sp³-hybridized carbons (Fsp3) is 0.500. The van der Waals surface area contributed by atoms with Gasteiger partial charge in [0.1, 0.15) is 18.3 Å². The molecule has 200 valence electrons. The summed E-state index contributed by atoms with van der Waals surface area (Å²) in [4.78, 5) is 14.5. The summed E-state index contributed by atoms with van der Waals surface area (Å²) < 4.78 is 9.77. The molecule has 10 heteroatoms. The predicted molar refractivity (Wildman–Crippen MR) is 144 cm³/mol. The summed E-state index contributed by atoms with van der Waals surface area (Å²) in [6.07, 6.45) is 2.48. The highest BCUT2D eigenvalue weighted by molar-refractivity contribution is 5.85. The Hall–Kier alpha value is -3.34. The van der Waals surface area contributed by atoms with Crippen LogP contribution in [0.15, 0.2) is 30.6 Å². The molecule has 4 heterocycles. The highest BCUT2D eigenvalue weighted by Gasteiger charge is 2.44. The smallest absolute Gasteiger partial charge is 0.168 e. The van der Waals surface area contributed by atoms with E-state index in [1.165, 1.54) is 12.8 Å². The van der Waals surface area contributed by atoms with Gasteiger partial charge in [-0.25, -0.2) is 15.0 Å². The molecule has 2 fully saturated rings. The standard InChI is InChI=1S/C28H35N7O3/c1-15-9-16(2)11-19(10-15)25-31-26(30-20-7-5-6-8-20)22-27(32-25)34(14-29-22)28-24(37)23(36)21(38-28)13-35-18(4)12-17(3)33-35/h9-12,14,20-21,23-24,28,36-37H,5-8,13H2,1-4H3,(H,30,31,32)/t21-,23-,24-,28-/m1/s1. The number of nitrogens with one attached hydrogen (secondary N) is 1. The Bertz CT molecular complexity index is 1450. The molecule has 3 aromatic heterocycles. The Morgan fingerprint density at radius 1 is 0.974 bits per heavy atom. The number of aromatic nitrogens is 6. The van der Waals surface area contributed by atoms with Crippen LogP contribution in [0.4, 0.5) is 5.82 Å². The number of ether oxygens (including phenoxy) is 1. The Morgan fingerprint density at radius 3 is 2.39 bits per heavy atom. The van der Waals surface area contributed by atoms with E-state index in [2.05, 4.69) is 47.4 Å². The van der Waals surface area contributed by atoms with Crippen LogP contribution in [-0.4, -0.2) is 63.9 Å². The molecule has 1 aliphatic carbocycles. The average Bonchev–Trinajstić information content (AvgIpc) is 3.64. The van der Waals surface area contributed by atoms with Crippen LogP contribution < -0.4 is 5.32 Å². The highest BCUT2D eigenvalue weighted by atomic mass is 16.6. The number of anilines is 1. The van der Waals surface area contributed by atoms with Gasteiger partial charge in [0.25, 0.3) is 0 Å². The van der Waals surface area contributed by atoms with Gasteiger partial charge in [0.2, 0.25) is 0 Å². The number of hydrogen-bond acceptors (Lipinski definition) is 8. The van der Waals surface area contributed by atoms with Gasteiger partial charge < -0.3 is 20.3 Å². The van der Waals surface area contributed by atoms with Gasteiger partial charge in [-0.1, -0.05) is 30.0 Å². The number of hydrogen-bond donors (Lipinski definition) is 3. The van der Waals surface area contributed by atoms with Crippen molar-refractivity contribution in [2.24, 2.45) is 0 Å². The molecule has 6 rings (SSSR count). The maximum absolute atomic E-state index is 11.1. The molecular weight excluding hydrogens is 482 g/mol. The van der Waals surface area contributed by atoms with Crippen LogP contribution in [0.3, 0.4) is 0 Å². The lowest BCUT2D eigenvalue weighted by atomic mass is 10.1. The highest BCUT2D eigenvalue weighted by Crippen LogP contribution is 2.35. The zero-order chi connectivity index (χ0) is 26.6. The summed E-state index contributed by atoms with van der Waals surface area (Å²) in [6.45, 7) is 8.34. The maximum atomic E-state index is 11.1. The molecule has 4 aromatic rings.